The highest BCUT2D eigenvalue weighted by Crippen LogP contribution is 2.22. The molecule has 0 fully saturated rings. The van der Waals surface area contributed by atoms with Crippen LogP contribution in [0.4, 0.5) is 0 Å². The zero-order valence-electron chi connectivity index (χ0n) is 9.72. The van der Waals surface area contributed by atoms with Crippen LogP contribution in [0.5, 0.6) is 0 Å². The largest absolute Gasteiger partial charge is 0.478 e. The summed E-state index contributed by atoms with van der Waals surface area (Å²) in [5.41, 5.74) is 2.51. The van der Waals surface area contributed by atoms with Crippen LogP contribution in [0.3, 0.4) is 0 Å². The summed E-state index contributed by atoms with van der Waals surface area (Å²) >= 11 is 0. The Kier molecular flexibility index (Phi) is 3.76. The molecular weight excluding hydrogens is 218 g/mol. The average molecular weight is 235 g/mol. The first kappa shape index (κ1) is 12.1. The molecule has 17 heavy (non-hydrogen) atoms. The summed E-state index contributed by atoms with van der Waals surface area (Å²) in [5, 5.41) is 17.9. The third-order valence-corrected chi connectivity index (χ3v) is 3.21. The Morgan fingerprint density at radius 2 is 2.24 bits per heavy atom. The van der Waals surface area contributed by atoms with E-state index in [2.05, 4.69) is 4.90 Å². The summed E-state index contributed by atoms with van der Waals surface area (Å²) in [6.07, 6.45) is 1.55. The van der Waals surface area contributed by atoms with Crippen LogP contribution in [0.25, 0.3) is 0 Å². The zero-order chi connectivity index (χ0) is 12.3. The SMILES string of the molecule is O=C(O)c1cccc2c1CCN(CCCO)C2. The van der Waals surface area contributed by atoms with Crippen LogP contribution in [0.1, 0.15) is 27.9 Å². The first-order chi connectivity index (χ1) is 8.22. The smallest absolute Gasteiger partial charge is 0.335 e. The van der Waals surface area contributed by atoms with Crippen LogP contribution in [0.15, 0.2) is 18.2 Å². The molecule has 0 saturated heterocycles. The summed E-state index contributed by atoms with van der Waals surface area (Å²) in [4.78, 5) is 13.3. The zero-order valence-corrected chi connectivity index (χ0v) is 9.72. The lowest BCUT2D eigenvalue weighted by molar-refractivity contribution is 0.0694. The van der Waals surface area contributed by atoms with Gasteiger partial charge in [-0.15, -0.1) is 0 Å². The molecule has 1 aromatic carbocycles. The van der Waals surface area contributed by atoms with Crippen molar-refractivity contribution in [2.24, 2.45) is 0 Å². The number of aromatic carboxylic acids is 1. The second-order valence-electron chi connectivity index (χ2n) is 4.35. The molecule has 0 saturated carbocycles. The van der Waals surface area contributed by atoms with E-state index in [0.717, 1.165) is 43.6 Å². The maximum Gasteiger partial charge on any atom is 0.335 e. The average Bonchev–Trinajstić information content (AvgIpc) is 2.35. The van der Waals surface area contributed by atoms with E-state index in [0.29, 0.717) is 5.56 Å². The Labute approximate surface area is 100 Å². The molecule has 0 amide bonds. The van der Waals surface area contributed by atoms with E-state index in [1.165, 1.54) is 0 Å². The highest BCUT2D eigenvalue weighted by Gasteiger charge is 2.20. The van der Waals surface area contributed by atoms with E-state index in [4.69, 9.17) is 10.2 Å². The van der Waals surface area contributed by atoms with Gasteiger partial charge >= 0.3 is 5.97 Å². The molecule has 1 aliphatic rings. The fourth-order valence-corrected chi connectivity index (χ4v) is 2.35. The van der Waals surface area contributed by atoms with Crippen molar-refractivity contribution in [3.8, 4) is 0 Å². The van der Waals surface area contributed by atoms with E-state index < -0.39 is 5.97 Å². The molecule has 0 unspecified atom stereocenters. The summed E-state index contributed by atoms with van der Waals surface area (Å²) in [7, 11) is 0. The van der Waals surface area contributed by atoms with E-state index in [9.17, 15) is 4.79 Å². The minimum absolute atomic E-state index is 0.207. The highest BCUT2D eigenvalue weighted by molar-refractivity contribution is 5.89. The van der Waals surface area contributed by atoms with Crippen LogP contribution >= 0.6 is 0 Å². The van der Waals surface area contributed by atoms with Crippen LogP contribution in [0.2, 0.25) is 0 Å². The third-order valence-electron chi connectivity index (χ3n) is 3.21. The lowest BCUT2D eigenvalue weighted by atomic mass is 9.94. The molecule has 0 atom stereocenters. The molecule has 0 bridgehead atoms. The van der Waals surface area contributed by atoms with Gasteiger partial charge in [-0.1, -0.05) is 12.1 Å². The van der Waals surface area contributed by atoms with Crippen molar-refractivity contribution in [3.63, 3.8) is 0 Å². The van der Waals surface area contributed by atoms with Gasteiger partial charge in [-0.2, -0.15) is 0 Å². The van der Waals surface area contributed by atoms with Crippen molar-refractivity contribution in [1.29, 1.82) is 0 Å². The molecule has 92 valence electrons. The minimum atomic E-state index is -0.842. The van der Waals surface area contributed by atoms with Crippen molar-refractivity contribution in [2.75, 3.05) is 19.7 Å². The van der Waals surface area contributed by atoms with Gasteiger partial charge in [0.05, 0.1) is 5.56 Å². The Hall–Kier alpha value is -1.39. The Bertz CT molecular complexity index is 417. The first-order valence-corrected chi connectivity index (χ1v) is 5.89. The first-order valence-electron chi connectivity index (χ1n) is 5.89. The van der Waals surface area contributed by atoms with Crippen molar-refractivity contribution in [3.05, 3.63) is 34.9 Å². The third kappa shape index (κ3) is 2.65. The van der Waals surface area contributed by atoms with Crippen molar-refractivity contribution in [1.82, 2.24) is 4.90 Å². The molecule has 2 rings (SSSR count). The van der Waals surface area contributed by atoms with E-state index >= 15 is 0 Å². The number of hydrogen-bond acceptors (Lipinski definition) is 3. The molecule has 0 spiro atoms. The fourth-order valence-electron chi connectivity index (χ4n) is 2.35. The number of fused-ring (bicyclic) bond motifs is 1. The fraction of sp³-hybridized carbons (Fsp3) is 0.462. The van der Waals surface area contributed by atoms with E-state index in [1.54, 1.807) is 12.1 Å². The topological polar surface area (TPSA) is 60.8 Å². The molecule has 2 N–H and O–H groups in total. The van der Waals surface area contributed by atoms with E-state index in [-0.39, 0.29) is 6.61 Å². The molecule has 0 aromatic heterocycles. The molecule has 1 aromatic rings. The Morgan fingerprint density at radius 1 is 1.41 bits per heavy atom. The van der Waals surface area contributed by atoms with Gasteiger partial charge in [0.1, 0.15) is 0 Å². The molecular formula is C13H17NO3. The number of hydrogen-bond donors (Lipinski definition) is 2. The number of carbonyl (C=O) groups is 1. The number of nitrogens with zero attached hydrogens (tertiary/aromatic N) is 1. The number of carboxylic acids is 1. The minimum Gasteiger partial charge on any atom is -0.478 e. The summed E-state index contributed by atoms with van der Waals surface area (Å²) in [6, 6.07) is 5.47. The number of aliphatic hydroxyl groups excluding tert-OH is 1. The van der Waals surface area contributed by atoms with Gasteiger partial charge in [0, 0.05) is 26.2 Å². The van der Waals surface area contributed by atoms with Gasteiger partial charge < -0.3 is 10.2 Å². The van der Waals surface area contributed by atoms with Crippen molar-refractivity contribution in [2.45, 2.75) is 19.4 Å². The number of benzene rings is 1. The van der Waals surface area contributed by atoms with Gasteiger partial charge in [0.2, 0.25) is 0 Å². The molecule has 1 heterocycles. The maximum atomic E-state index is 11.1. The quantitative estimate of drug-likeness (QED) is 0.821. The monoisotopic (exact) mass is 235 g/mol. The molecule has 0 aliphatic carbocycles. The second kappa shape index (κ2) is 5.29. The van der Waals surface area contributed by atoms with Gasteiger partial charge in [0.25, 0.3) is 0 Å². The number of carboxylic acid groups (broad SMARTS) is 1. The maximum absolute atomic E-state index is 11.1. The lowest BCUT2D eigenvalue weighted by Crippen LogP contribution is -2.32. The molecule has 4 nitrogen and oxygen atoms in total. The van der Waals surface area contributed by atoms with Gasteiger partial charge in [0.15, 0.2) is 0 Å². The number of aliphatic hydroxyl groups is 1. The normalized spacial score (nSPS) is 15.6. The predicted molar refractivity (Wildman–Crippen MR) is 64.1 cm³/mol. The predicted octanol–water partition coefficient (Wildman–Crippen LogP) is 1.13. The molecule has 1 aliphatic heterocycles. The van der Waals surface area contributed by atoms with Gasteiger partial charge in [-0.05, 0) is 30.0 Å². The summed E-state index contributed by atoms with van der Waals surface area (Å²) in [5.74, 6) is -0.842. The standard InChI is InChI=1S/C13H17NO3/c15-8-2-6-14-7-5-11-10(9-14)3-1-4-12(11)13(16)17/h1,3-4,15H,2,5-9H2,(H,16,17). The van der Waals surface area contributed by atoms with Crippen LogP contribution < -0.4 is 0 Å². The lowest BCUT2D eigenvalue weighted by Gasteiger charge is -2.29. The van der Waals surface area contributed by atoms with Gasteiger partial charge in [-0.25, -0.2) is 4.79 Å². The van der Waals surface area contributed by atoms with E-state index in [1.807, 2.05) is 6.07 Å². The van der Waals surface area contributed by atoms with Crippen molar-refractivity contribution >= 4 is 5.97 Å². The van der Waals surface area contributed by atoms with Gasteiger partial charge in [-0.3, -0.25) is 4.90 Å². The van der Waals surface area contributed by atoms with Crippen LogP contribution in [-0.4, -0.2) is 40.8 Å². The van der Waals surface area contributed by atoms with Crippen LogP contribution in [0, 0.1) is 0 Å². The Balaban J connectivity index is 2.16. The number of rotatable bonds is 4. The van der Waals surface area contributed by atoms with Crippen LogP contribution in [-0.2, 0) is 13.0 Å². The highest BCUT2D eigenvalue weighted by atomic mass is 16.4. The summed E-state index contributed by atoms with van der Waals surface area (Å²) in [6.45, 7) is 2.74. The van der Waals surface area contributed by atoms with Crippen molar-refractivity contribution < 1.29 is 15.0 Å². The molecule has 0 radical (unpaired) electrons. The second-order valence-corrected chi connectivity index (χ2v) is 4.35. The summed E-state index contributed by atoms with van der Waals surface area (Å²) < 4.78 is 0. The molecule has 4 heteroatoms. The Morgan fingerprint density at radius 3 is 2.94 bits per heavy atom.